The van der Waals surface area contributed by atoms with Crippen molar-refractivity contribution in [2.24, 2.45) is 5.16 Å². The number of anilines is 1. The number of piperidine rings is 1. The Morgan fingerprint density at radius 1 is 0.897 bits per heavy atom. The van der Waals surface area contributed by atoms with Gasteiger partial charge < -0.3 is 9.74 Å². The van der Waals surface area contributed by atoms with Crippen molar-refractivity contribution in [1.29, 1.82) is 0 Å². The molecule has 0 atom stereocenters. The van der Waals surface area contributed by atoms with Gasteiger partial charge >= 0.3 is 5.97 Å². The Labute approximate surface area is 177 Å². The second-order valence-corrected chi connectivity index (χ2v) is 8.31. The molecule has 0 spiro atoms. The highest BCUT2D eigenvalue weighted by molar-refractivity contribution is 5.98. The number of nitrogens with zero attached hydrogens (tertiary/aromatic N) is 2. The maximum absolute atomic E-state index is 11.9. The molecule has 29 heavy (non-hydrogen) atoms. The van der Waals surface area contributed by atoms with E-state index in [1.807, 2.05) is 6.92 Å². The molecule has 2 rings (SSSR count). The molecule has 0 amide bonds. The van der Waals surface area contributed by atoms with E-state index in [2.05, 4.69) is 41.2 Å². The molecule has 1 heterocycles. The number of hydrogen-bond donors (Lipinski definition) is 0. The minimum atomic E-state index is -0.225. The number of benzene rings is 1. The number of carbonyl (C=O) groups is 1. The molecule has 1 aromatic rings. The van der Waals surface area contributed by atoms with Gasteiger partial charge in [0.05, 0.1) is 5.71 Å². The Kier molecular flexibility index (Phi) is 11.5. The van der Waals surface area contributed by atoms with Crippen molar-refractivity contribution in [2.75, 3.05) is 18.0 Å². The zero-order valence-electron chi connectivity index (χ0n) is 18.6. The first-order valence-electron chi connectivity index (χ1n) is 11.8. The standard InChI is InChI=1S/C25H40N2O2/c1-3-4-5-6-7-8-9-10-12-15-25(28)29-26-22(2)23-16-18-24(19-17-23)27-20-13-11-14-21-27/h16-19H,3-15,20-21H2,1-2H3/b26-22+. The molecule has 0 N–H and O–H groups in total. The molecular formula is C25H40N2O2. The third-order valence-corrected chi connectivity index (χ3v) is 5.78. The molecule has 162 valence electrons. The molecule has 1 aliphatic rings. The van der Waals surface area contributed by atoms with Crippen LogP contribution < -0.4 is 4.90 Å². The minimum Gasteiger partial charge on any atom is -0.372 e. The van der Waals surface area contributed by atoms with E-state index >= 15 is 0 Å². The van der Waals surface area contributed by atoms with Crippen molar-refractivity contribution in [1.82, 2.24) is 0 Å². The average Bonchev–Trinajstić information content (AvgIpc) is 2.77. The van der Waals surface area contributed by atoms with Crippen LogP contribution in [0.3, 0.4) is 0 Å². The lowest BCUT2D eigenvalue weighted by atomic mass is 10.1. The monoisotopic (exact) mass is 400 g/mol. The Morgan fingerprint density at radius 3 is 2.10 bits per heavy atom. The lowest BCUT2D eigenvalue weighted by Gasteiger charge is -2.28. The summed E-state index contributed by atoms with van der Waals surface area (Å²) >= 11 is 0. The van der Waals surface area contributed by atoms with Gasteiger partial charge in [-0.15, -0.1) is 0 Å². The highest BCUT2D eigenvalue weighted by atomic mass is 16.7. The van der Waals surface area contributed by atoms with E-state index in [9.17, 15) is 4.79 Å². The summed E-state index contributed by atoms with van der Waals surface area (Å²) in [7, 11) is 0. The van der Waals surface area contributed by atoms with E-state index in [0.717, 1.165) is 37.2 Å². The molecule has 0 aromatic heterocycles. The Balaban J connectivity index is 1.61. The van der Waals surface area contributed by atoms with Crippen molar-refractivity contribution in [3.05, 3.63) is 29.8 Å². The first-order valence-corrected chi connectivity index (χ1v) is 11.8. The Morgan fingerprint density at radius 2 is 1.48 bits per heavy atom. The normalized spacial score (nSPS) is 14.8. The fraction of sp³-hybridized carbons (Fsp3) is 0.680. The van der Waals surface area contributed by atoms with Gasteiger partial charge in [-0.2, -0.15) is 0 Å². The first-order chi connectivity index (χ1) is 14.2. The second-order valence-electron chi connectivity index (χ2n) is 8.31. The van der Waals surface area contributed by atoms with Gasteiger partial charge in [-0.3, -0.25) is 0 Å². The van der Waals surface area contributed by atoms with E-state index in [-0.39, 0.29) is 5.97 Å². The van der Waals surface area contributed by atoms with E-state index in [0.29, 0.717) is 6.42 Å². The van der Waals surface area contributed by atoms with Crippen molar-refractivity contribution in [2.45, 2.75) is 97.3 Å². The summed E-state index contributed by atoms with van der Waals surface area (Å²) in [6.45, 7) is 6.42. The summed E-state index contributed by atoms with van der Waals surface area (Å²) in [5.41, 5.74) is 3.01. The van der Waals surface area contributed by atoms with E-state index in [1.54, 1.807) is 0 Å². The third-order valence-electron chi connectivity index (χ3n) is 5.78. The SMILES string of the molecule is CCCCCCCCCCCC(=O)O/N=C(\C)c1ccc(N2CCCCC2)cc1. The fourth-order valence-corrected chi connectivity index (χ4v) is 3.86. The largest absolute Gasteiger partial charge is 0.372 e. The van der Waals surface area contributed by atoms with Crippen LogP contribution in [-0.4, -0.2) is 24.8 Å². The Hall–Kier alpha value is -1.84. The average molecular weight is 401 g/mol. The number of hydrogen-bond acceptors (Lipinski definition) is 4. The number of rotatable bonds is 13. The lowest BCUT2D eigenvalue weighted by Crippen LogP contribution is -2.29. The molecule has 1 saturated heterocycles. The minimum absolute atomic E-state index is 0.225. The van der Waals surface area contributed by atoms with Crippen molar-refractivity contribution < 1.29 is 9.63 Å². The van der Waals surface area contributed by atoms with Gasteiger partial charge in [0.2, 0.25) is 0 Å². The van der Waals surface area contributed by atoms with Crippen LogP contribution in [0.25, 0.3) is 0 Å². The molecule has 0 bridgehead atoms. The molecule has 1 aliphatic heterocycles. The van der Waals surface area contributed by atoms with Gasteiger partial charge in [0.15, 0.2) is 0 Å². The predicted molar refractivity (Wildman–Crippen MR) is 123 cm³/mol. The number of carbonyl (C=O) groups excluding carboxylic acids is 1. The van der Waals surface area contributed by atoms with Crippen LogP contribution in [0.4, 0.5) is 5.69 Å². The summed E-state index contributed by atoms with van der Waals surface area (Å²) in [6.07, 6.45) is 15.5. The van der Waals surface area contributed by atoms with Crippen molar-refractivity contribution >= 4 is 17.4 Å². The topological polar surface area (TPSA) is 41.9 Å². The van der Waals surface area contributed by atoms with Crippen LogP contribution in [0, 0.1) is 0 Å². The van der Waals surface area contributed by atoms with Gasteiger partial charge in [-0.1, -0.05) is 75.6 Å². The van der Waals surface area contributed by atoms with E-state index in [4.69, 9.17) is 4.84 Å². The molecule has 0 unspecified atom stereocenters. The zero-order valence-corrected chi connectivity index (χ0v) is 18.6. The van der Waals surface area contributed by atoms with Crippen LogP contribution in [0.5, 0.6) is 0 Å². The molecule has 4 heteroatoms. The summed E-state index contributed by atoms with van der Waals surface area (Å²) < 4.78 is 0. The first kappa shape index (κ1) is 23.4. The van der Waals surface area contributed by atoms with E-state index < -0.39 is 0 Å². The third kappa shape index (κ3) is 9.47. The second kappa shape index (κ2) is 14.2. The summed E-state index contributed by atoms with van der Waals surface area (Å²) in [5, 5.41) is 4.05. The molecule has 0 aliphatic carbocycles. The van der Waals surface area contributed by atoms with Crippen LogP contribution >= 0.6 is 0 Å². The molecule has 0 radical (unpaired) electrons. The van der Waals surface area contributed by atoms with E-state index in [1.165, 1.54) is 69.9 Å². The number of unbranched alkanes of at least 4 members (excludes halogenated alkanes) is 8. The van der Waals surface area contributed by atoms with Gasteiger partial charge in [-0.25, -0.2) is 4.79 Å². The number of oxime groups is 1. The molecule has 4 nitrogen and oxygen atoms in total. The smallest absolute Gasteiger partial charge is 0.335 e. The molecule has 0 saturated carbocycles. The highest BCUT2D eigenvalue weighted by Crippen LogP contribution is 2.20. The quantitative estimate of drug-likeness (QED) is 0.157. The van der Waals surface area contributed by atoms with Crippen LogP contribution in [0.15, 0.2) is 29.4 Å². The lowest BCUT2D eigenvalue weighted by molar-refractivity contribution is -0.143. The maximum atomic E-state index is 11.9. The highest BCUT2D eigenvalue weighted by Gasteiger charge is 2.11. The molecule has 1 aromatic carbocycles. The van der Waals surface area contributed by atoms with Gasteiger partial charge in [0.25, 0.3) is 0 Å². The molecular weight excluding hydrogens is 360 g/mol. The predicted octanol–water partition coefficient (Wildman–Crippen LogP) is 6.87. The van der Waals surface area contributed by atoms with Gasteiger partial charge in [-0.05, 0) is 50.3 Å². The maximum Gasteiger partial charge on any atom is 0.335 e. The summed E-state index contributed by atoms with van der Waals surface area (Å²) in [5.74, 6) is -0.225. The van der Waals surface area contributed by atoms with Crippen molar-refractivity contribution in [3.8, 4) is 0 Å². The zero-order chi connectivity index (χ0) is 20.7. The fourth-order valence-electron chi connectivity index (χ4n) is 3.86. The van der Waals surface area contributed by atoms with Crippen LogP contribution in [-0.2, 0) is 9.63 Å². The summed E-state index contributed by atoms with van der Waals surface area (Å²) in [6, 6.07) is 8.42. The van der Waals surface area contributed by atoms with Crippen LogP contribution in [0.2, 0.25) is 0 Å². The van der Waals surface area contributed by atoms with Crippen LogP contribution in [0.1, 0.15) is 103 Å². The van der Waals surface area contributed by atoms with Gasteiger partial charge in [0.1, 0.15) is 0 Å². The Bertz CT molecular complexity index is 604. The van der Waals surface area contributed by atoms with Gasteiger partial charge in [0, 0.05) is 25.2 Å². The summed E-state index contributed by atoms with van der Waals surface area (Å²) in [4.78, 5) is 19.5. The molecule has 1 fully saturated rings. The van der Waals surface area contributed by atoms with Crippen molar-refractivity contribution in [3.63, 3.8) is 0 Å².